The highest BCUT2D eigenvalue weighted by Crippen LogP contribution is 2.16. The molecule has 0 amide bonds. The van der Waals surface area contributed by atoms with Gasteiger partial charge in [0.2, 0.25) is 0 Å². The summed E-state index contributed by atoms with van der Waals surface area (Å²) in [5.74, 6) is 0. The second kappa shape index (κ2) is 7.37. The van der Waals surface area contributed by atoms with Crippen LogP contribution in [0.2, 0.25) is 0 Å². The molecule has 0 aliphatic carbocycles. The minimum Gasteiger partial charge on any atom is -0.0988 e. The number of allylic oxidation sites excluding steroid dienone is 7. The van der Waals surface area contributed by atoms with Gasteiger partial charge in [-0.15, -0.1) is 0 Å². The Hall–Kier alpha value is -1.04. The van der Waals surface area contributed by atoms with Gasteiger partial charge in [-0.1, -0.05) is 43.4 Å². The third-order valence-electron chi connectivity index (χ3n) is 2.22. The normalized spacial score (nSPS) is 11.9. The van der Waals surface area contributed by atoms with E-state index in [0.717, 1.165) is 12.8 Å². The van der Waals surface area contributed by atoms with Crippen molar-refractivity contribution in [1.29, 1.82) is 0 Å². The molecule has 0 saturated heterocycles. The van der Waals surface area contributed by atoms with Crippen LogP contribution < -0.4 is 0 Å². The Labute approximate surface area is 88.7 Å². The molecule has 0 rings (SSSR count). The second-order valence-electron chi connectivity index (χ2n) is 3.58. The highest BCUT2D eigenvalue weighted by Gasteiger charge is 1.97. The monoisotopic (exact) mass is 190 g/mol. The topological polar surface area (TPSA) is 0 Å². The fraction of sp³-hybridized carbons (Fsp3) is 0.429. The van der Waals surface area contributed by atoms with Crippen molar-refractivity contribution in [3.63, 3.8) is 0 Å². The number of hydrogen-bond acceptors (Lipinski definition) is 0. The van der Waals surface area contributed by atoms with Crippen molar-refractivity contribution in [3.05, 3.63) is 47.6 Å². The lowest BCUT2D eigenvalue weighted by Crippen LogP contribution is -1.85. The average Bonchev–Trinajstić information content (AvgIpc) is 2.18. The summed E-state index contributed by atoms with van der Waals surface area (Å²) in [5.41, 5.74) is 4.05. The molecular formula is C14H22. The summed E-state index contributed by atoms with van der Waals surface area (Å²) in [4.78, 5) is 0. The van der Waals surface area contributed by atoms with E-state index in [0.29, 0.717) is 0 Å². The third kappa shape index (κ3) is 4.86. The van der Waals surface area contributed by atoms with Gasteiger partial charge in [0.25, 0.3) is 0 Å². The minimum atomic E-state index is 0.999. The Morgan fingerprint density at radius 2 is 1.93 bits per heavy atom. The first-order chi connectivity index (χ1) is 6.65. The summed E-state index contributed by atoms with van der Waals surface area (Å²) in [6.45, 7) is 12.3. The van der Waals surface area contributed by atoms with Gasteiger partial charge in [-0.2, -0.15) is 0 Å². The lowest BCUT2D eigenvalue weighted by molar-refractivity contribution is 1.13. The highest BCUT2D eigenvalue weighted by atomic mass is 14.0. The van der Waals surface area contributed by atoms with Crippen LogP contribution in [0.4, 0.5) is 0 Å². The van der Waals surface area contributed by atoms with Gasteiger partial charge in [-0.05, 0) is 44.8 Å². The fourth-order valence-electron chi connectivity index (χ4n) is 1.20. The molecule has 0 aliphatic rings. The Balaban J connectivity index is 4.55. The molecule has 0 nitrogen and oxygen atoms in total. The molecule has 0 unspecified atom stereocenters. The largest absolute Gasteiger partial charge is 0.0988 e. The van der Waals surface area contributed by atoms with Crippen molar-refractivity contribution in [2.75, 3.05) is 0 Å². The summed E-state index contributed by atoms with van der Waals surface area (Å²) in [5, 5.41) is 0. The van der Waals surface area contributed by atoms with E-state index >= 15 is 0 Å². The van der Waals surface area contributed by atoms with Crippen LogP contribution in [0.25, 0.3) is 0 Å². The molecule has 0 aromatic heterocycles. The van der Waals surface area contributed by atoms with Crippen molar-refractivity contribution in [3.8, 4) is 0 Å². The summed E-state index contributed by atoms with van der Waals surface area (Å²) in [6.07, 6.45) is 10.6. The van der Waals surface area contributed by atoms with Crippen molar-refractivity contribution in [1.82, 2.24) is 0 Å². The smallest absolute Gasteiger partial charge is 0.00300 e. The van der Waals surface area contributed by atoms with Crippen molar-refractivity contribution < 1.29 is 0 Å². The fourth-order valence-corrected chi connectivity index (χ4v) is 1.20. The molecule has 0 radical (unpaired) electrons. The zero-order chi connectivity index (χ0) is 11.0. The zero-order valence-corrected chi connectivity index (χ0v) is 9.93. The van der Waals surface area contributed by atoms with E-state index < -0.39 is 0 Å². The Morgan fingerprint density at radius 1 is 1.29 bits per heavy atom. The molecule has 0 bridgehead atoms. The van der Waals surface area contributed by atoms with Gasteiger partial charge in [0.1, 0.15) is 0 Å². The van der Waals surface area contributed by atoms with E-state index in [2.05, 4.69) is 52.5 Å². The molecule has 14 heavy (non-hydrogen) atoms. The second-order valence-corrected chi connectivity index (χ2v) is 3.58. The summed E-state index contributed by atoms with van der Waals surface area (Å²) in [7, 11) is 0. The van der Waals surface area contributed by atoms with E-state index in [4.69, 9.17) is 0 Å². The van der Waals surface area contributed by atoms with E-state index in [1.807, 2.05) is 6.08 Å². The molecule has 0 heterocycles. The van der Waals surface area contributed by atoms with Gasteiger partial charge >= 0.3 is 0 Å². The Bertz CT molecular complexity index is 258. The summed E-state index contributed by atoms with van der Waals surface area (Å²) >= 11 is 0. The molecule has 0 atom stereocenters. The van der Waals surface area contributed by atoms with Crippen LogP contribution in [0, 0.1) is 0 Å². The molecule has 0 saturated carbocycles. The maximum atomic E-state index is 3.84. The van der Waals surface area contributed by atoms with Crippen LogP contribution in [-0.4, -0.2) is 0 Å². The highest BCUT2D eigenvalue weighted by molar-refractivity contribution is 5.32. The molecule has 0 heteroatoms. The quantitative estimate of drug-likeness (QED) is 0.546. The first kappa shape index (κ1) is 13.0. The van der Waals surface area contributed by atoms with Crippen molar-refractivity contribution in [2.45, 2.75) is 40.5 Å². The molecule has 0 spiro atoms. The van der Waals surface area contributed by atoms with Crippen molar-refractivity contribution >= 4 is 0 Å². The standard InChI is InChI=1S/C14H22/c1-6-9-10-13(7-2)11-14(8-3)12(4)5/h7-10H,3,6,11H2,1-2,4-5H3/b10-9-,13-7+. The van der Waals surface area contributed by atoms with Crippen LogP contribution in [-0.2, 0) is 0 Å². The molecule has 0 aromatic rings. The number of hydrogen-bond donors (Lipinski definition) is 0. The number of rotatable bonds is 5. The average molecular weight is 190 g/mol. The van der Waals surface area contributed by atoms with Crippen LogP contribution in [0.1, 0.15) is 40.5 Å². The molecule has 0 fully saturated rings. The van der Waals surface area contributed by atoms with Gasteiger partial charge in [0, 0.05) is 0 Å². The Kier molecular flexibility index (Phi) is 6.82. The maximum absolute atomic E-state index is 3.84. The van der Waals surface area contributed by atoms with E-state index in [1.54, 1.807) is 0 Å². The SMILES string of the molecule is C=CC(CC(/C=C\CC)=C/C)=C(C)C. The first-order valence-corrected chi connectivity index (χ1v) is 5.26. The van der Waals surface area contributed by atoms with Crippen LogP contribution in [0.3, 0.4) is 0 Å². The van der Waals surface area contributed by atoms with E-state index in [-0.39, 0.29) is 0 Å². The molecule has 0 aromatic carbocycles. The lowest BCUT2D eigenvalue weighted by atomic mass is 10.0. The van der Waals surface area contributed by atoms with Gasteiger partial charge in [-0.25, -0.2) is 0 Å². The van der Waals surface area contributed by atoms with Gasteiger partial charge < -0.3 is 0 Å². The summed E-state index contributed by atoms with van der Waals surface area (Å²) in [6, 6.07) is 0. The maximum Gasteiger partial charge on any atom is -0.00300 e. The van der Waals surface area contributed by atoms with E-state index in [9.17, 15) is 0 Å². The van der Waals surface area contributed by atoms with Crippen LogP contribution in [0.5, 0.6) is 0 Å². The van der Waals surface area contributed by atoms with Crippen molar-refractivity contribution in [2.24, 2.45) is 0 Å². The zero-order valence-electron chi connectivity index (χ0n) is 9.93. The van der Waals surface area contributed by atoms with E-state index in [1.165, 1.54) is 16.7 Å². The molecular weight excluding hydrogens is 168 g/mol. The van der Waals surface area contributed by atoms with Crippen LogP contribution >= 0.6 is 0 Å². The van der Waals surface area contributed by atoms with Crippen LogP contribution in [0.15, 0.2) is 47.6 Å². The first-order valence-electron chi connectivity index (χ1n) is 5.26. The Morgan fingerprint density at radius 3 is 2.29 bits per heavy atom. The molecule has 0 aliphatic heterocycles. The van der Waals surface area contributed by atoms with Gasteiger partial charge in [0.05, 0.1) is 0 Å². The predicted molar refractivity (Wildman–Crippen MR) is 66.4 cm³/mol. The predicted octanol–water partition coefficient (Wildman–Crippen LogP) is 4.81. The third-order valence-corrected chi connectivity index (χ3v) is 2.22. The molecule has 78 valence electrons. The van der Waals surface area contributed by atoms with Gasteiger partial charge in [0.15, 0.2) is 0 Å². The minimum absolute atomic E-state index is 0.999. The van der Waals surface area contributed by atoms with Gasteiger partial charge in [-0.3, -0.25) is 0 Å². The summed E-state index contributed by atoms with van der Waals surface area (Å²) < 4.78 is 0. The lowest BCUT2D eigenvalue weighted by Gasteiger charge is -2.05. The molecule has 0 N–H and O–H groups in total.